The number of aliphatic imine (C=N–C) groups is 1. The number of thioether (sulfide) groups is 1. The zero-order valence-corrected chi connectivity index (χ0v) is 19.4. The summed E-state index contributed by atoms with van der Waals surface area (Å²) in [5.41, 5.74) is 1.35. The van der Waals surface area contributed by atoms with Crippen molar-refractivity contribution in [3.05, 3.63) is 53.3 Å². The molecule has 4 rings (SSSR count). The molecule has 0 saturated carbocycles. The van der Waals surface area contributed by atoms with Crippen LogP contribution in [0.2, 0.25) is 0 Å². The molecule has 33 heavy (non-hydrogen) atoms. The van der Waals surface area contributed by atoms with Crippen LogP contribution in [0.1, 0.15) is 49.7 Å². The predicted octanol–water partition coefficient (Wildman–Crippen LogP) is 5.18. The topological polar surface area (TPSA) is 108 Å². The molecule has 1 aromatic heterocycles. The number of esters is 1. The lowest BCUT2D eigenvalue weighted by molar-refractivity contribution is -0.114. The fourth-order valence-corrected chi connectivity index (χ4v) is 4.68. The Morgan fingerprint density at radius 1 is 1.18 bits per heavy atom. The van der Waals surface area contributed by atoms with E-state index in [-0.39, 0.29) is 23.3 Å². The number of amidine groups is 2. The highest BCUT2D eigenvalue weighted by molar-refractivity contribution is 8.27. The second-order valence-electron chi connectivity index (χ2n) is 7.47. The second-order valence-corrected chi connectivity index (χ2v) is 8.46. The van der Waals surface area contributed by atoms with Crippen LogP contribution in [0.3, 0.4) is 0 Å². The summed E-state index contributed by atoms with van der Waals surface area (Å²) in [4.78, 5) is 28.6. The van der Waals surface area contributed by atoms with E-state index in [4.69, 9.17) is 14.6 Å². The van der Waals surface area contributed by atoms with E-state index in [2.05, 4.69) is 23.9 Å². The Kier molecular flexibility index (Phi) is 6.60. The molecular weight excluding hydrogens is 440 g/mol. The van der Waals surface area contributed by atoms with Gasteiger partial charge >= 0.3 is 5.97 Å². The third-order valence-electron chi connectivity index (χ3n) is 5.40. The first-order chi connectivity index (χ1) is 15.9. The number of carbonyl (C=O) groups excluding carboxylic acids is 2. The number of nitrogens with one attached hydrogen (secondary N) is 1. The van der Waals surface area contributed by atoms with Crippen LogP contribution < -0.4 is 0 Å². The summed E-state index contributed by atoms with van der Waals surface area (Å²) in [7, 11) is 0. The lowest BCUT2D eigenvalue weighted by Crippen LogP contribution is -2.35. The monoisotopic (exact) mass is 464 g/mol. The zero-order chi connectivity index (χ0) is 23.5. The van der Waals surface area contributed by atoms with Gasteiger partial charge in [-0.25, -0.2) is 4.79 Å². The molecule has 0 radical (unpaired) electrons. The summed E-state index contributed by atoms with van der Waals surface area (Å²) in [6.07, 6.45) is 3.38. The number of amides is 1. The fraction of sp³-hybridized carbons (Fsp3) is 0.292. The molecule has 9 heteroatoms. The molecule has 1 N–H and O–H groups in total. The summed E-state index contributed by atoms with van der Waals surface area (Å²) < 4.78 is 10.9. The average molecular weight is 465 g/mol. The summed E-state index contributed by atoms with van der Waals surface area (Å²) in [5.74, 6) is 0.385. The standard InChI is InChI=1S/C24H24N4O4S/c1-4-14(5-2)22-27-28-20(25)18(21(29)26-24(28)33-22)13-17-11-12-19(32-17)15-7-9-16(10-8-15)23(30)31-6-3/h7-14,25H,4-6H2,1-3H3/b18-13-,25-20?. The Morgan fingerprint density at radius 3 is 2.58 bits per heavy atom. The van der Waals surface area contributed by atoms with Crippen LogP contribution in [0.15, 0.2) is 56.5 Å². The van der Waals surface area contributed by atoms with Crippen molar-refractivity contribution in [3.8, 4) is 11.3 Å². The maximum absolute atomic E-state index is 12.6. The van der Waals surface area contributed by atoms with E-state index in [0.29, 0.717) is 28.9 Å². The van der Waals surface area contributed by atoms with E-state index in [0.717, 1.165) is 23.4 Å². The van der Waals surface area contributed by atoms with Crippen molar-refractivity contribution >= 4 is 45.8 Å². The summed E-state index contributed by atoms with van der Waals surface area (Å²) >= 11 is 1.36. The Morgan fingerprint density at radius 2 is 1.91 bits per heavy atom. The number of rotatable bonds is 7. The van der Waals surface area contributed by atoms with Crippen LogP contribution in [0.5, 0.6) is 0 Å². The minimum atomic E-state index is -0.489. The number of furan rings is 1. The van der Waals surface area contributed by atoms with Gasteiger partial charge in [0, 0.05) is 11.5 Å². The smallest absolute Gasteiger partial charge is 0.338 e. The van der Waals surface area contributed by atoms with Crippen molar-refractivity contribution in [3.63, 3.8) is 0 Å². The van der Waals surface area contributed by atoms with E-state index in [1.807, 2.05) is 0 Å². The van der Waals surface area contributed by atoms with Crippen LogP contribution in [0, 0.1) is 11.3 Å². The number of hydrogen-bond acceptors (Lipinski definition) is 7. The van der Waals surface area contributed by atoms with Crippen LogP contribution in [-0.4, -0.2) is 39.5 Å². The van der Waals surface area contributed by atoms with E-state index in [1.165, 1.54) is 22.8 Å². The molecule has 0 bridgehead atoms. The second kappa shape index (κ2) is 9.58. The lowest BCUT2D eigenvalue weighted by atomic mass is 10.1. The third kappa shape index (κ3) is 4.54. The molecule has 2 aromatic rings. The molecule has 1 amide bonds. The molecule has 8 nitrogen and oxygen atoms in total. The van der Waals surface area contributed by atoms with Crippen molar-refractivity contribution in [1.82, 2.24) is 5.01 Å². The Balaban J connectivity index is 1.55. The van der Waals surface area contributed by atoms with Gasteiger partial charge in [-0.1, -0.05) is 26.0 Å². The van der Waals surface area contributed by atoms with E-state index in [1.54, 1.807) is 43.3 Å². The van der Waals surface area contributed by atoms with Crippen LogP contribution >= 0.6 is 11.8 Å². The maximum Gasteiger partial charge on any atom is 0.338 e. The Bertz CT molecular complexity index is 1190. The molecule has 0 fully saturated rings. The molecule has 0 aliphatic carbocycles. The third-order valence-corrected chi connectivity index (χ3v) is 6.47. The van der Waals surface area contributed by atoms with Gasteiger partial charge in [-0.15, -0.1) is 0 Å². The number of benzene rings is 1. The molecule has 2 aliphatic rings. The maximum atomic E-state index is 12.6. The van der Waals surface area contributed by atoms with Crippen molar-refractivity contribution in [2.45, 2.75) is 33.6 Å². The number of hydrogen-bond donors (Lipinski definition) is 1. The van der Waals surface area contributed by atoms with Gasteiger partial charge < -0.3 is 9.15 Å². The van der Waals surface area contributed by atoms with Crippen molar-refractivity contribution < 1.29 is 18.7 Å². The molecule has 0 atom stereocenters. The number of ether oxygens (including phenoxy) is 1. The summed E-state index contributed by atoms with van der Waals surface area (Å²) in [5, 5.41) is 15.8. The van der Waals surface area contributed by atoms with Crippen molar-refractivity contribution in [2.75, 3.05) is 6.61 Å². The van der Waals surface area contributed by atoms with Gasteiger partial charge in [0.25, 0.3) is 5.91 Å². The quantitative estimate of drug-likeness (QED) is 0.447. The van der Waals surface area contributed by atoms with Gasteiger partial charge in [-0.05, 0) is 61.9 Å². The highest BCUT2D eigenvalue weighted by Crippen LogP contribution is 2.33. The number of hydrazone groups is 1. The molecule has 0 unspecified atom stereocenters. The first-order valence-corrected chi connectivity index (χ1v) is 11.6. The minimum Gasteiger partial charge on any atom is -0.462 e. The molecule has 1 aromatic carbocycles. The number of fused-ring (bicyclic) bond motifs is 1. The predicted molar refractivity (Wildman–Crippen MR) is 129 cm³/mol. The summed E-state index contributed by atoms with van der Waals surface area (Å²) in [6.45, 7) is 6.26. The molecule has 0 saturated heterocycles. The molecule has 2 aliphatic heterocycles. The fourth-order valence-electron chi connectivity index (χ4n) is 3.52. The van der Waals surface area contributed by atoms with Crippen LogP contribution in [-0.2, 0) is 9.53 Å². The molecular formula is C24H24N4O4S. The zero-order valence-electron chi connectivity index (χ0n) is 18.6. The van der Waals surface area contributed by atoms with Crippen LogP contribution in [0.4, 0.5) is 0 Å². The summed E-state index contributed by atoms with van der Waals surface area (Å²) in [6, 6.07) is 10.4. The van der Waals surface area contributed by atoms with Gasteiger partial charge in [0.15, 0.2) is 5.84 Å². The van der Waals surface area contributed by atoms with Crippen molar-refractivity contribution in [1.29, 1.82) is 5.41 Å². The normalized spacial score (nSPS) is 16.8. The largest absolute Gasteiger partial charge is 0.462 e. The SMILES string of the molecule is CCOC(=O)c1ccc(-c2ccc(/C=C3/C(=N)N4N=C(C(CC)CC)SC4=NC3=O)o2)cc1. The molecule has 170 valence electrons. The Hall–Kier alpha value is -3.46. The Labute approximate surface area is 195 Å². The van der Waals surface area contributed by atoms with E-state index in [9.17, 15) is 9.59 Å². The van der Waals surface area contributed by atoms with Gasteiger partial charge in [0.05, 0.1) is 17.7 Å². The van der Waals surface area contributed by atoms with E-state index < -0.39 is 5.91 Å². The van der Waals surface area contributed by atoms with Crippen molar-refractivity contribution in [2.24, 2.45) is 16.0 Å². The number of carbonyl (C=O) groups is 2. The van der Waals surface area contributed by atoms with E-state index >= 15 is 0 Å². The lowest BCUT2D eigenvalue weighted by Gasteiger charge is -2.19. The first kappa shape index (κ1) is 22.7. The minimum absolute atomic E-state index is 0.0183. The van der Waals surface area contributed by atoms with Gasteiger partial charge in [-0.3, -0.25) is 10.2 Å². The highest BCUT2D eigenvalue weighted by Gasteiger charge is 2.37. The molecule has 0 spiro atoms. The number of nitrogens with zero attached hydrogens (tertiary/aromatic N) is 3. The van der Waals surface area contributed by atoms with Gasteiger partial charge in [0.1, 0.15) is 16.6 Å². The first-order valence-electron chi connectivity index (χ1n) is 10.8. The van der Waals surface area contributed by atoms with Crippen LogP contribution in [0.25, 0.3) is 17.4 Å². The van der Waals surface area contributed by atoms with Gasteiger partial charge in [-0.2, -0.15) is 15.1 Å². The molecule has 3 heterocycles. The highest BCUT2D eigenvalue weighted by atomic mass is 32.2. The van der Waals surface area contributed by atoms with Gasteiger partial charge in [0.2, 0.25) is 5.17 Å². The average Bonchev–Trinajstić information content (AvgIpc) is 3.45.